The maximum atomic E-state index is 11.4. The van der Waals surface area contributed by atoms with Gasteiger partial charge in [-0.3, -0.25) is 0 Å². The van der Waals surface area contributed by atoms with Crippen LogP contribution in [0.5, 0.6) is 0 Å². The number of para-hydroxylation sites is 1. The summed E-state index contributed by atoms with van der Waals surface area (Å²) in [6.45, 7) is 10.1. The van der Waals surface area contributed by atoms with E-state index < -0.39 is 9.84 Å². The summed E-state index contributed by atoms with van der Waals surface area (Å²) in [5.41, 5.74) is 1.00. The van der Waals surface area contributed by atoms with Crippen molar-refractivity contribution >= 4 is 37.9 Å². The Labute approximate surface area is 216 Å². The Balaban J connectivity index is 0.000000239. The van der Waals surface area contributed by atoms with Crippen LogP contribution in [0.1, 0.15) is 57.2 Å². The van der Waals surface area contributed by atoms with Gasteiger partial charge in [0.2, 0.25) is 0 Å². The molecular weight excluding hydrogens is 476 g/mol. The van der Waals surface area contributed by atoms with Gasteiger partial charge in [0.05, 0.1) is 5.52 Å². The summed E-state index contributed by atoms with van der Waals surface area (Å²) in [5.74, 6) is 3.48. The number of fused-ring (bicyclic) bond motifs is 1. The second-order valence-electron chi connectivity index (χ2n) is 9.26. The lowest BCUT2D eigenvalue weighted by molar-refractivity contribution is 0.281. The van der Waals surface area contributed by atoms with Crippen LogP contribution in [0.25, 0.3) is 10.9 Å². The molecule has 2 heterocycles. The highest BCUT2D eigenvalue weighted by Crippen LogP contribution is 2.28. The zero-order valence-electron chi connectivity index (χ0n) is 22.3. The third kappa shape index (κ3) is 9.17. The molecule has 1 fully saturated rings. The molecular formula is C27H42N4O2S2. The molecule has 0 saturated heterocycles. The third-order valence-corrected chi connectivity index (χ3v) is 8.89. The summed E-state index contributed by atoms with van der Waals surface area (Å²) < 4.78 is 23.2. The molecule has 0 bridgehead atoms. The minimum absolute atomic E-state index is 0.468. The molecule has 1 aliphatic carbocycles. The summed E-state index contributed by atoms with van der Waals surface area (Å²) in [4.78, 5) is 11.9. The van der Waals surface area contributed by atoms with E-state index in [4.69, 9.17) is 0 Å². The van der Waals surface area contributed by atoms with E-state index in [1.54, 1.807) is 6.07 Å². The molecule has 8 heteroatoms. The van der Waals surface area contributed by atoms with Crippen molar-refractivity contribution in [3.05, 3.63) is 47.1 Å². The lowest BCUT2D eigenvalue weighted by Crippen LogP contribution is -2.25. The predicted octanol–water partition coefficient (Wildman–Crippen LogP) is 6.10. The highest BCUT2D eigenvalue weighted by Gasteiger charge is 2.18. The van der Waals surface area contributed by atoms with Crippen LogP contribution >= 0.6 is 11.3 Å². The van der Waals surface area contributed by atoms with Crippen molar-refractivity contribution in [1.82, 2.24) is 15.3 Å². The van der Waals surface area contributed by atoms with Crippen LogP contribution in [0.3, 0.4) is 0 Å². The van der Waals surface area contributed by atoms with E-state index >= 15 is 0 Å². The summed E-state index contributed by atoms with van der Waals surface area (Å²) in [6, 6.07) is 11.7. The van der Waals surface area contributed by atoms with Gasteiger partial charge in [-0.25, -0.2) is 18.4 Å². The average Bonchev–Trinajstić information content (AvgIpc) is 3.31. The molecule has 0 unspecified atom stereocenters. The van der Waals surface area contributed by atoms with Crippen LogP contribution in [0.4, 0.5) is 5.82 Å². The normalized spacial score (nSPS) is 17.7. The minimum atomic E-state index is -3.04. The Morgan fingerprint density at radius 3 is 2.29 bits per heavy atom. The van der Waals surface area contributed by atoms with E-state index in [-0.39, 0.29) is 0 Å². The van der Waals surface area contributed by atoms with E-state index in [2.05, 4.69) is 22.2 Å². The van der Waals surface area contributed by atoms with Crippen LogP contribution in [-0.4, -0.2) is 45.3 Å². The predicted molar refractivity (Wildman–Crippen MR) is 150 cm³/mol. The van der Waals surface area contributed by atoms with Gasteiger partial charge in [0, 0.05) is 37.2 Å². The molecule has 6 nitrogen and oxygen atoms in total. The van der Waals surface area contributed by atoms with Gasteiger partial charge in [0.25, 0.3) is 0 Å². The minimum Gasteiger partial charge on any atom is -0.362 e. The summed E-state index contributed by atoms with van der Waals surface area (Å²) in [7, 11) is 0.946. The largest absolute Gasteiger partial charge is 0.362 e. The van der Waals surface area contributed by atoms with Gasteiger partial charge >= 0.3 is 0 Å². The van der Waals surface area contributed by atoms with Crippen LogP contribution < -0.4 is 10.2 Å². The smallest absolute Gasteiger partial charge is 0.184 e. The molecule has 0 atom stereocenters. The maximum Gasteiger partial charge on any atom is 0.184 e. The van der Waals surface area contributed by atoms with Gasteiger partial charge in [-0.1, -0.05) is 45.7 Å². The van der Waals surface area contributed by atoms with E-state index in [9.17, 15) is 8.42 Å². The van der Waals surface area contributed by atoms with Crippen molar-refractivity contribution in [2.45, 2.75) is 64.1 Å². The van der Waals surface area contributed by atoms with Gasteiger partial charge in [-0.2, -0.15) is 0 Å². The molecule has 1 aromatic carbocycles. The second kappa shape index (κ2) is 13.9. The molecule has 0 spiro atoms. The van der Waals surface area contributed by atoms with E-state index in [1.165, 1.54) is 43.3 Å². The third-order valence-electron chi connectivity index (χ3n) is 5.99. The fourth-order valence-corrected chi connectivity index (χ4v) is 6.05. The zero-order valence-corrected chi connectivity index (χ0v) is 24.0. The lowest BCUT2D eigenvalue weighted by Gasteiger charge is -2.26. The van der Waals surface area contributed by atoms with Crippen LogP contribution in [0, 0.1) is 18.8 Å². The van der Waals surface area contributed by atoms with Crippen molar-refractivity contribution < 1.29 is 8.42 Å². The monoisotopic (exact) mass is 518 g/mol. The van der Waals surface area contributed by atoms with Gasteiger partial charge in [0.15, 0.2) is 9.84 Å². The molecule has 35 heavy (non-hydrogen) atoms. The Kier molecular flexibility index (Phi) is 11.6. The standard InChI is InChI=1S/C14H23NO2S2.C11H13N3.C2H6/c1-11-3-5-12(6-4-11)9-15-10-13-7-8-14(18-13)19(2,16)17;1-8-12-10-7-5-4-6-9(10)11(13-8)14(2)3;1-2/h7-8,11-12,15H,3-6,9-10H2,1-2H3;4-7H,1-3H3;1-2H3. The number of aryl methyl sites for hydroxylation is 1. The number of sulfone groups is 1. The Bertz CT molecular complexity index is 1150. The molecule has 0 radical (unpaired) electrons. The van der Waals surface area contributed by atoms with E-state index in [0.717, 1.165) is 52.3 Å². The quantitative estimate of drug-likeness (QED) is 0.425. The van der Waals surface area contributed by atoms with Crippen LogP contribution in [-0.2, 0) is 16.4 Å². The molecule has 3 aromatic rings. The number of anilines is 1. The topological polar surface area (TPSA) is 75.2 Å². The van der Waals surface area contributed by atoms with Crippen LogP contribution in [0.2, 0.25) is 0 Å². The first-order chi connectivity index (χ1) is 16.6. The maximum absolute atomic E-state index is 11.4. The molecule has 1 aliphatic rings. The van der Waals surface area contributed by atoms with Crippen LogP contribution in [0.15, 0.2) is 40.6 Å². The van der Waals surface area contributed by atoms with Gasteiger partial charge in [-0.05, 0) is 62.4 Å². The molecule has 0 amide bonds. The number of benzene rings is 1. The molecule has 2 aromatic heterocycles. The highest BCUT2D eigenvalue weighted by atomic mass is 32.2. The number of hydrogen-bond acceptors (Lipinski definition) is 7. The van der Waals surface area contributed by atoms with E-state index in [0.29, 0.717) is 4.21 Å². The first-order valence-electron chi connectivity index (χ1n) is 12.5. The van der Waals surface area contributed by atoms with Gasteiger partial charge in [-0.15, -0.1) is 11.3 Å². The van der Waals surface area contributed by atoms with Crippen molar-refractivity contribution in [2.24, 2.45) is 11.8 Å². The van der Waals surface area contributed by atoms with Crippen molar-refractivity contribution in [3.8, 4) is 0 Å². The Morgan fingerprint density at radius 1 is 1.03 bits per heavy atom. The number of thiophene rings is 1. The summed E-state index contributed by atoms with van der Waals surface area (Å²) in [5, 5.41) is 4.57. The van der Waals surface area contributed by atoms with Gasteiger partial charge in [0.1, 0.15) is 15.9 Å². The number of nitrogens with zero attached hydrogens (tertiary/aromatic N) is 3. The fourth-order valence-electron chi connectivity index (χ4n) is 4.10. The fraction of sp³-hybridized carbons (Fsp3) is 0.556. The lowest BCUT2D eigenvalue weighted by atomic mass is 9.83. The molecule has 1 saturated carbocycles. The second-order valence-corrected chi connectivity index (χ2v) is 12.7. The number of hydrogen-bond donors (Lipinski definition) is 1. The van der Waals surface area contributed by atoms with Crippen molar-refractivity contribution in [2.75, 3.05) is 31.8 Å². The number of rotatable bonds is 6. The molecule has 194 valence electrons. The highest BCUT2D eigenvalue weighted by molar-refractivity contribution is 7.92. The number of nitrogens with one attached hydrogen (secondary N) is 1. The summed E-state index contributed by atoms with van der Waals surface area (Å²) >= 11 is 1.38. The Morgan fingerprint density at radius 2 is 1.69 bits per heavy atom. The number of aromatic nitrogens is 2. The molecule has 1 N–H and O–H groups in total. The first kappa shape index (κ1) is 29.2. The molecule has 4 rings (SSSR count). The van der Waals surface area contributed by atoms with Gasteiger partial charge < -0.3 is 10.2 Å². The first-order valence-corrected chi connectivity index (χ1v) is 15.2. The SMILES string of the molecule is CC.CC1CCC(CNCc2ccc(S(C)(=O)=O)s2)CC1.Cc1nc(N(C)C)c2ccccc2n1. The van der Waals surface area contributed by atoms with E-state index in [1.807, 2.05) is 70.1 Å². The average molecular weight is 519 g/mol. The Hall–Kier alpha value is -2.03. The van der Waals surface area contributed by atoms with Crippen molar-refractivity contribution in [1.29, 1.82) is 0 Å². The zero-order chi connectivity index (χ0) is 26.0. The van der Waals surface area contributed by atoms with Crippen molar-refractivity contribution in [3.63, 3.8) is 0 Å². The molecule has 0 aliphatic heterocycles. The summed E-state index contributed by atoms with van der Waals surface area (Å²) in [6.07, 6.45) is 6.62.